The van der Waals surface area contributed by atoms with Gasteiger partial charge in [-0.15, -0.1) is 11.8 Å². The van der Waals surface area contributed by atoms with Gasteiger partial charge in [0.25, 0.3) is 0 Å². The van der Waals surface area contributed by atoms with Crippen LogP contribution in [-0.4, -0.2) is 48.8 Å². The highest BCUT2D eigenvalue weighted by molar-refractivity contribution is 8.00. The molecular weight excluding hydrogens is 306 g/mol. The molecule has 2 rings (SSSR count). The monoisotopic (exact) mass is 327 g/mol. The summed E-state index contributed by atoms with van der Waals surface area (Å²) in [6.45, 7) is 3.32. The number of amides is 1. The molecule has 0 aromatic heterocycles. The molecule has 21 heavy (non-hydrogen) atoms. The second kappa shape index (κ2) is 7.84. The summed E-state index contributed by atoms with van der Waals surface area (Å²) in [5, 5.41) is 0.0785. The Bertz CT molecular complexity index is 496. The fourth-order valence-corrected chi connectivity index (χ4v) is 3.86. The van der Waals surface area contributed by atoms with Gasteiger partial charge in [0.1, 0.15) is 5.37 Å². The molecule has 4 nitrogen and oxygen atoms in total. The lowest BCUT2D eigenvalue weighted by molar-refractivity contribution is -0.127. The van der Waals surface area contributed by atoms with E-state index >= 15 is 0 Å². The van der Waals surface area contributed by atoms with Crippen molar-refractivity contribution in [2.45, 2.75) is 12.3 Å². The lowest BCUT2D eigenvalue weighted by atomic mass is 10.2. The molecule has 0 bridgehead atoms. The lowest BCUT2D eigenvalue weighted by Gasteiger charge is -2.24. The summed E-state index contributed by atoms with van der Waals surface area (Å²) in [6.07, 6.45) is 2.06. The maximum Gasteiger partial charge on any atom is 0.233 e. The van der Waals surface area contributed by atoms with E-state index < -0.39 is 0 Å². The van der Waals surface area contributed by atoms with Gasteiger partial charge in [0.2, 0.25) is 5.91 Å². The topological polar surface area (TPSA) is 38.8 Å². The number of benzene rings is 1. The fraction of sp³-hybridized carbons (Fsp3) is 0.533. The van der Waals surface area contributed by atoms with Crippen LogP contribution in [0.15, 0.2) is 18.2 Å². The minimum Gasteiger partial charge on any atom is -0.493 e. The Kier molecular flexibility index (Phi) is 6.11. The van der Waals surface area contributed by atoms with E-state index in [9.17, 15) is 4.79 Å². The maximum atomic E-state index is 12.0. The molecule has 0 saturated carbocycles. The predicted octanol–water partition coefficient (Wildman–Crippen LogP) is 3.03. The summed E-state index contributed by atoms with van der Waals surface area (Å²) in [7, 11) is 1.64. The Morgan fingerprint density at radius 3 is 2.90 bits per heavy atom. The predicted molar refractivity (Wildman–Crippen MR) is 89.5 cm³/mol. The Hall–Kier alpha value is -1.01. The average Bonchev–Trinajstić information content (AvgIpc) is 2.86. The summed E-state index contributed by atoms with van der Waals surface area (Å²) >= 11 is 3.43. The molecule has 6 heteroatoms. The fourth-order valence-electron chi connectivity index (χ4n) is 2.28. The number of carbonyl (C=O) groups excluding carboxylic acids is 1. The van der Waals surface area contributed by atoms with Crippen LogP contribution >= 0.6 is 23.5 Å². The number of nitrogens with zero attached hydrogens (tertiary/aromatic N) is 1. The molecule has 1 saturated heterocycles. The smallest absolute Gasteiger partial charge is 0.233 e. The number of hydrogen-bond acceptors (Lipinski definition) is 5. The number of methoxy groups -OCH3 is 1. The standard InChI is InChI=1S/C15H21NO3S2/c1-4-19-13-9-11(5-6-12(13)18-2)15-16(7-8-20-3)14(17)10-21-15/h5-6,9,15H,4,7-8,10H2,1-3H3. The molecule has 1 heterocycles. The van der Waals surface area contributed by atoms with Gasteiger partial charge in [-0.3, -0.25) is 4.79 Å². The van der Waals surface area contributed by atoms with Crippen molar-refractivity contribution in [1.82, 2.24) is 4.90 Å². The largest absolute Gasteiger partial charge is 0.493 e. The van der Waals surface area contributed by atoms with Crippen LogP contribution in [0.25, 0.3) is 0 Å². The van der Waals surface area contributed by atoms with Crippen LogP contribution in [0.5, 0.6) is 11.5 Å². The Morgan fingerprint density at radius 2 is 2.24 bits per heavy atom. The molecule has 1 aromatic carbocycles. The van der Waals surface area contributed by atoms with Crippen LogP contribution in [0.4, 0.5) is 0 Å². The van der Waals surface area contributed by atoms with Gasteiger partial charge < -0.3 is 14.4 Å². The minimum absolute atomic E-state index is 0.0785. The SMILES string of the molecule is CCOc1cc(C2SCC(=O)N2CCSC)ccc1OC. The Balaban J connectivity index is 2.23. The Labute approximate surface area is 134 Å². The van der Waals surface area contributed by atoms with Crippen LogP contribution < -0.4 is 9.47 Å². The van der Waals surface area contributed by atoms with E-state index in [-0.39, 0.29) is 11.3 Å². The molecule has 1 fully saturated rings. The molecule has 0 N–H and O–H groups in total. The van der Waals surface area contributed by atoms with E-state index in [1.165, 1.54) is 0 Å². The van der Waals surface area contributed by atoms with Crippen LogP contribution in [0.1, 0.15) is 17.9 Å². The van der Waals surface area contributed by atoms with Crippen molar-refractivity contribution in [3.05, 3.63) is 23.8 Å². The number of rotatable bonds is 7. The van der Waals surface area contributed by atoms with Gasteiger partial charge in [0.15, 0.2) is 11.5 Å². The third-order valence-electron chi connectivity index (χ3n) is 3.28. The van der Waals surface area contributed by atoms with Crippen molar-refractivity contribution in [3.8, 4) is 11.5 Å². The summed E-state index contributed by atoms with van der Waals surface area (Å²) < 4.78 is 10.9. The zero-order valence-corrected chi connectivity index (χ0v) is 14.3. The van der Waals surface area contributed by atoms with Crippen LogP contribution in [0.3, 0.4) is 0 Å². The highest BCUT2D eigenvalue weighted by Gasteiger charge is 2.32. The lowest BCUT2D eigenvalue weighted by Crippen LogP contribution is -2.30. The zero-order chi connectivity index (χ0) is 15.2. The van der Waals surface area contributed by atoms with Crippen LogP contribution in [0, 0.1) is 0 Å². The summed E-state index contributed by atoms with van der Waals surface area (Å²) in [4.78, 5) is 14.0. The van der Waals surface area contributed by atoms with E-state index in [0.717, 1.165) is 29.4 Å². The third-order valence-corrected chi connectivity index (χ3v) is 5.12. The van der Waals surface area contributed by atoms with Gasteiger partial charge >= 0.3 is 0 Å². The first kappa shape index (κ1) is 16.4. The first-order valence-corrected chi connectivity index (χ1v) is 9.36. The molecule has 116 valence electrons. The second-order valence-corrected chi connectivity index (χ2v) is 6.64. The molecule has 0 aliphatic carbocycles. The van der Waals surface area contributed by atoms with Gasteiger partial charge in [-0.1, -0.05) is 6.07 Å². The first-order valence-electron chi connectivity index (χ1n) is 6.92. The number of hydrogen-bond donors (Lipinski definition) is 0. The van der Waals surface area contributed by atoms with E-state index in [1.54, 1.807) is 30.6 Å². The van der Waals surface area contributed by atoms with E-state index in [1.807, 2.05) is 30.0 Å². The van der Waals surface area contributed by atoms with E-state index in [0.29, 0.717) is 12.4 Å². The van der Waals surface area contributed by atoms with Gasteiger partial charge in [0, 0.05) is 12.3 Å². The van der Waals surface area contributed by atoms with E-state index in [2.05, 4.69) is 6.26 Å². The van der Waals surface area contributed by atoms with E-state index in [4.69, 9.17) is 9.47 Å². The molecule has 0 spiro atoms. The third kappa shape index (κ3) is 3.80. The van der Waals surface area contributed by atoms with Gasteiger partial charge in [-0.2, -0.15) is 11.8 Å². The van der Waals surface area contributed by atoms with Crippen molar-refractivity contribution < 1.29 is 14.3 Å². The summed E-state index contributed by atoms with van der Waals surface area (Å²) in [5.74, 6) is 3.19. The molecule has 1 amide bonds. The quantitative estimate of drug-likeness (QED) is 0.770. The van der Waals surface area contributed by atoms with Crippen molar-refractivity contribution in [1.29, 1.82) is 0 Å². The number of ether oxygens (including phenoxy) is 2. The van der Waals surface area contributed by atoms with Crippen molar-refractivity contribution in [2.75, 3.05) is 38.0 Å². The highest BCUT2D eigenvalue weighted by atomic mass is 32.2. The summed E-state index contributed by atoms with van der Waals surface area (Å²) in [5.41, 5.74) is 1.09. The average molecular weight is 327 g/mol. The molecule has 1 aromatic rings. The second-order valence-electron chi connectivity index (χ2n) is 4.59. The first-order chi connectivity index (χ1) is 10.2. The normalized spacial score (nSPS) is 18.1. The zero-order valence-electron chi connectivity index (χ0n) is 12.6. The van der Waals surface area contributed by atoms with Crippen molar-refractivity contribution in [2.24, 2.45) is 0 Å². The van der Waals surface area contributed by atoms with Gasteiger partial charge in [-0.05, 0) is 30.9 Å². The molecular formula is C15H21NO3S2. The minimum atomic E-state index is 0.0785. The molecule has 1 aliphatic heterocycles. The molecule has 1 unspecified atom stereocenters. The summed E-state index contributed by atoms with van der Waals surface area (Å²) in [6, 6.07) is 5.92. The number of thioether (sulfide) groups is 2. The Morgan fingerprint density at radius 1 is 1.43 bits per heavy atom. The van der Waals surface area contributed by atoms with Crippen molar-refractivity contribution in [3.63, 3.8) is 0 Å². The highest BCUT2D eigenvalue weighted by Crippen LogP contribution is 2.41. The van der Waals surface area contributed by atoms with Gasteiger partial charge in [0.05, 0.1) is 19.5 Å². The number of carbonyl (C=O) groups is 1. The van der Waals surface area contributed by atoms with Crippen molar-refractivity contribution >= 4 is 29.4 Å². The van der Waals surface area contributed by atoms with Gasteiger partial charge in [-0.25, -0.2) is 0 Å². The van der Waals surface area contributed by atoms with Crippen LogP contribution in [-0.2, 0) is 4.79 Å². The molecule has 0 radical (unpaired) electrons. The maximum absolute atomic E-state index is 12.0. The van der Waals surface area contributed by atoms with Crippen LogP contribution in [0.2, 0.25) is 0 Å². The molecule has 1 atom stereocenters. The molecule has 1 aliphatic rings.